The quantitative estimate of drug-likeness (QED) is 0.683. The van der Waals surface area contributed by atoms with E-state index in [0.29, 0.717) is 13.0 Å². The molecule has 128 valence electrons. The molecule has 0 aliphatic carbocycles. The van der Waals surface area contributed by atoms with Gasteiger partial charge in [0.25, 0.3) is 0 Å². The number of ether oxygens (including phenoxy) is 1. The average molecular weight is 437 g/mol. The summed E-state index contributed by atoms with van der Waals surface area (Å²) in [5.41, 5.74) is 5.86. The van der Waals surface area contributed by atoms with E-state index in [1.807, 2.05) is 18.2 Å². The standard InChI is InChI=1S/C20H24INO2/c1-5-15-9-14(3)19(10-13(15)2)24-12-17-16(11-20(23)22-4)7-6-8-18(17)21/h6-10H,5,11-12H2,1-4H3,(H,22,23). The van der Waals surface area contributed by atoms with Gasteiger partial charge in [-0.3, -0.25) is 4.79 Å². The number of amides is 1. The zero-order valence-corrected chi connectivity index (χ0v) is 16.9. The third-order valence-corrected chi connectivity index (χ3v) is 5.24. The van der Waals surface area contributed by atoms with Crippen molar-refractivity contribution in [2.24, 2.45) is 0 Å². The molecule has 2 aromatic rings. The van der Waals surface area contributed by atoms with Crippen molar-refractivity contribution in [2.75, 3.05) is 7.05 Å². The molecule has 2 aromatic carbocycles. The van der Waals surface area contributed by atoms with Crippen LogP contribution in [0.4, 0.5) is 0 Å². The fourth-order valence-corrected chi connectivity index (χ4v) is 3.44. The van der Waals surface area contributed by atoms with Crippen molar-refractivity contribution in [2.45, 2.75) is 40.2 Å². The van der Waals surface area contributed by atoms with Gasteiger partial charge >= 0.3 is 0 Å². The predicted octanol–water partition coefficient (Wildman–Crippen LogP) is 4.34. The summed E-state index contributed by atoms with van der Waals surface area (Å²) < 4.78 is 7.22. The second-order valence-corrected chi connectivity index (χ2v) is 7.08. The lowest BCUT2D eigenvalue weighted by Crippen LogP contribution is -2.21. The van der Waals surface area contributed by atoms with E-state index in [0.717, 1.165) is 32.4 Å². The van der Waals surface area contributed by atoms with Crippen LogP contribution in [0.3, 0.4) is 0 Å². The predicted molar refractivity (Wildman–Crippen MR) is 107 cm³/mol. The molecule has 1 N–H and O–H groups in total. The summed E-state index contributed by atoms with van der Waals surface area (Å²) in [6.45, 7) is 6.83. The first kappa shape index (κ1) is 18.8. The summed E-state index contributed by atoms with van der Waals surface area (Å²) >= 11 is 2.30. The molecule has 3 nitrogen and oxygen atoms in total. The van der Waals surface area contributed by atoms with Gasteiger partial charge in [0.2, 0.25) is 5.91 Å². The molecule has 0 radical (unpaired) electrons. The number of carbonyl (C=O) groups excluding carboxylic acids is 1. The van der Waals surface area contributed by atoms with Crippen molar-refractivity contribution < 1.29 is 9.53 Å². The van der Waals surface area contributed by atoms with Gasteiger partial charge < -0.3 is 10.1 Å². The first-order valence-corrected chi connectivity index (χ1v) is 9.23. The van der Waals surface area contributed by atoms with Crippen LogP contribution in [0.15, 0.2) is 30.3 Å². The van der Waals surface area contributed by atoms with Gasteiger partial charge in [-0.25, -0.2) is 0 Å². The fraction of sp³-hybridized carbons (Fsp3) is 0.350. The highest BCUT2D eigenvalue weighted by molar-refractivity contribution is 14.1. The number of rotatable bonds is 6. The molecule has 0 aliphatic heterocycles. The number of hydrogen-bond acceptors (Lipinski definition) is 2. The van der Waals surface area contributed by atoms with Crippen LogP contribution < -0.4 is 10.1 Å². The van der Waals surface area contributed by atoms with Gasteiger partial charge in [-0.1, -0.05) is 25.1 Å². The molecular formula is C20H24INO2. The molecule has 0 bridgehead atoms. The molecule has 0 aliphatic rings. The van der Waals surface area contributed by atoms with Gasteiger partial charge in [0.1, 0.15) is 12.4 Å². The van der Waals surface area contributed by atoms with Gasteiger partial charge in [0.15, 0.2) is 0 Å². The molecule has 0 atom stereocenters. The van der Waals surface area contributed by atoms with Crippen molar-refractivity contribution in [1.82, 2.24) is 5.32 Å². The van der Waals surface area contributed by atoms with Crippen LogP contribution >= 0.6 is 22.6 Å². The Morgan fingerprint density at radius 2 is 1.92 bits per heavy atom. The molecule has 2 rings (SSSR count). The third kappa shape index (κ3) is 4.50. The van der Waals surface area contributed by atoms with Crippen LogP contribution in [-0.2, 0) is 24.2 Å². The Bertz CT molecular complexity index is 741. The monoisotopic (exact) mass is 437 g/mol. The third-order valence-electron chi connectivity index (χ3n) is 4.23. The molecule has 0 aromatic heterocycles. The number of benzene rings is 2. The lowest BCUT2D eigenvalue weighted by atomic mass is 10.0. The van der Waals surface area contributed by atoms with E-state index in [1.165, 1.54) is 11.1 Å². The Kier molecular flexibility index (Phi) is 6.66. The Morgan fingerprint density at radius 3 is 2.58 bits per heavy atom. The maximum atomic E-state index is 11.7. The van der Waals surface area contributed by atoms with E-state index in [2.05, 4.69) is 60.8 Å². The van der Waals surface area contributed by atoms with Gasteiger partial charge in [0.05, 0.1) is 6.42 Å². The summed E-state index contributed by atoms with van der Waals surface area (Å²) in [7, 11) is 1.66. The van der Waals surface area contributed by atoms with Gasteiger partial charge in [-0.15, -0.1) is 0 Å². The van der Waals surface area contributed by atoms with Crippen LogP contribution in [0.5, 0.6) is 5.75 Å². The zero-order chi connectivity index (χ0) is 17.7. The largest absolute Gasteiger partial charge is 0.489 e. The minimum atomic E-state index is 0.0116. The number of carbonyl (C=O) groups is 1. The first-order valence-electron chi connectivity index (χ1n) is 8.16. The minimum absolute atomic E-state index is 0.0116. The molecule has 0 spiro atoms. The molecule has 4 heteroatoms. The van der Waals surface area contributed by atoms with Gasteiger partial charge in [-0.05, 0) is 77.2 Å². The highest BCUT2D eigenvalue weighted by Gasteiger charge is 2.12. The van der Waals surface area contributed by atoms with Crippen molar-refractivity contribution in [3.05, 3.63) is 61.7 Å². The Labute approximate surface area is 157 Å². The van der Waals surface area contributed by atoms with Crippen LogP contribution in [-0.4, -0.2) is 13.0 Å². The summed E-state index contributed by atoms with van der Waals surface area (Å²) in [6, 6.07) is 10.3. The van der Waals surface area contributed by atoms with E-state index in [4.69, 9.17) is 4.74 Å². The van der Waals surface area contributed by atoms with Crippen molar-refractivity contribution in [1.29, 1.82) is 0 Å². The molecule has 0 heterocycles. The van der Waals surface area contributed by atoms with Crippen molar-refractivity contribution in [3.8, 4) is 5.75 Å². The zero-order valence-electron chi connectivity index (χ0n) is 14.7. The minimum Gasteiger partial charge on any atom is -0.489 e. The average Bonchev–Trinajstić information content (AvgIpc) is 2.56. The molecule has 0 saturated heterocycles. The van der Waals surface area contributed by atoms with Gasteiger partial charge in [-0.2, -0.15) is 0 Å². The summed E-state index contributed by atoms with van der Waals surface area (Å²) in [5.74, 6) is 0.924. The maximum Gasteiger partial charge on any atom is 0.224 e. The second-order valence-electron chi connectivity index (χ2n) is 5.91. The first-order chi connectivity index (χ1) is 11.5. The number of hydrogen-bond donors (Lipinski definition) is 1. The van der Waals surface area contributed by atoms with Gasteiger partial charge in [0, 0.05) is 16.2 Å². The number of likely N-dealkylation sites (N-methyl/N-ethyl adjacent to an activating group) is 1. The number of aryl methyl sites for hydroxylation is 3. The SMILES string of the molecule is CCc1cc(C)c(OCc2c(I)cccc2CC(=O)NC)cc1C. The molecule has 0 unspecified atom stereocenters. The van der Waals surface area contributed by atoms with Crippen LogP contribution in [0.25, 0.3) is 0 Å². The lowest BCUT2D eigenvalue weighted by Gasteiger charge is -2.16. The molecule has 0 fully saturated rings. The highest BCUT2D eigenvalue weighted by atomic mass is 127. The van der Waals surface area contributed by atoms with E-state index >= 15 is 0 Å². The van der Waals surface area contributed by atoms with Crippen molar-refractivity contribution >= 4 is 28.5 Å². The molecule has 0 saturated carbocycles. The van der Waals surface area contributed by atoms with E-state index in [1.54, 1.807) is 7.05 Å². The summed E-state index contributed by atoms with van der Waals surface area (Å²) in [6.07, 6.45) is 1.40. The number of halogens is 1. The molecule has 24 heavy (non-hydrogen) atoms. The topological polar surface area (TPSA) is 38.3 Å². The Hall–Kier alpha value is -1.56. The molecule has 1 amide bonds. The Morgan fingerprint density at radius 1 is 1.17 bits per heavy atom. The van der Waals surface area contributed by atoms with Crippen molar-refractivity contribution in [3.63, 3.8) is 0 Å². The van der Waals surface area contributed by atoms with E-state index in [-0.39, 0.29) is 5.91 Å². The number of nitrogens with one attached hydrogen (secondary N) is 1. The summed E-state index contributed by atoms with van der Waals surface area (Å²) in [5, 5.41) is 2.68. The van der Waals surface area contributed by atoms with Crippen LogP contribution in [0.2, 0.25) is 0 Å². The maximum absolute atomic E-state index is 11.7. The second kappa shape index (κ2) is 8.51. The molecular weight excluding hydrogens is 413 g/mol. The Balaban J connectivity index is 2.23. The highest BCUT2D eigenvalue weighted by Crippen LogP contribution is 2.26. The smallest absolute Gasteiger partial charge is 0.224 e. The van der Waals surface area contributed by atoms with Crippen LogP contribution in [0.1, 0.15) is 34.7 Å². The normalized spacial score (nSPS) is 10.5. The van der Waals surface area contributed by atoms with E-state index in [9.17, 15) is 4.79 Å². The van der Waals surface area contributed by atoms with E-state index < -0.39 is 0 Å². The van der Waals surface area contributed by atoms with Crippen LogP contribution in [0, 0.1) is 17.4 Å². The lowest BCUT2D eigenvalue weighted by molar-refractivity contribution is -0.119. The summed E-state index contributed by atoms with van der Waals surface area (Å²) in [4.78, 5) is 11.7. The fourth-order valence-electron chi connectivity index (χ4n) is 2.73.